The van der Waals surface area contributed by atoms with Gasteiger partial charge in [-0.15, -0.1) is 0 Å². The van der Waals surface area contributed by atoms with Crippen LogP contribution in [0.15, 0.2) is 72.8 Å². The van der Waals surface area contributed by atoms with Crippen LogP contribution in [0.2, 0.25) is 5.02 Å². The lowest BCUT2D eigenvalue weighted by molar-refractivity contribution is -0.140. The Hall–Kier alpha value is -3.36. The summed E-state index contributed by atoms with van der Waals surface area (Å²) in [7, 11) is -3.82. The molecule has 9 heteroatoms. The second kappa shape index (κ2) is 13.6. The van der Waals surface area contributed by atoms with Crippen molar-refractivity contribution >= 4 is 39.1 Å². The highest BCUT2D eigenvalue weighted by molar-refractivity contribution is 7.92. The maximum Gasteiger partial charge on any atom is 0.244 e. The molecular weight excluding hydrogens is 534 g/mol. The maximum atomic E-state index is 14.1. The van der Waals surface area contributed by atoms with Crippen molar-refractivity contribution in [2.45, 2.75) is 46.2 Å². The molecule has 3 aromatic carbocycles. The number of anilines is 1. The van der Waals surface area contributed by atoms with Crippen LogP contribution in [0.25, 0.3) is 0 Å². The van der Waals surface area contributed by atoms with E-state index in [1.54, 1.807) is 30.3 Å². The molecular formula is C30H36ClN3O4S. The molecule has 0 unspecified atom stereocenters. The number of rotatable bonds is 12. The average Bonchev–Trinajstić information content (AvgIpc) is 2.89. The molecule has 0 saturated carbocycles. The van der Waals surface area contributed by atoms with Crippen molar-refractivity contribution in [3.8, 4) is 0 Å². The Labute approximate surface area is 236 Å². The Morgan fingerprint density at radius 1 is 0.949 bits per heavy atom. The number of carbonyl (C=O) groups is 2. The lowest BCUT2D eigenvalue weighted by Crippen LogP contribution is -2.53. The third-order valence-electron chi connectivity index (χ3n) is 6.59. The topological polar surface area (TPSA) is 86.8 Å². The monoisotopic (exact) mass is 569 g/mol. The smallest absolute Gasteiger partial charge is 0.244 e. The number of sulfonamides is 1. The molecule has 208 valence electrons. The first-order valence-corrected chi connectivity index (χ1v) is 15.1. The second-order valence-electron chi connectivity index (χ2n) is 9.64. The number of aryl methyl sites for hydroxylation is 1. The van der Waals surface area contributed by atoms with Crippen molar-refractivity contribution in [1.82, 2.24) is 10.2 Å². The number of nitrogens with zero attached hydrogens (tertiary/aromatic N) is 2. The van der Waals surface area contributed by atoms with Gasteiger partial charge in [0.15, 0.2) is 0 Å². The minimum Gasteiger partial charge on any atom is -0.354 e. The van der Waals surface area contributed by atoms with E-state index in [1.165, 1.54) is 4.90 Å². The molecule has 7 nitrogen and oxygen atoms in total. The summed E-state index contributed by atoms with van der Waals surface area (Å²) in [6.45, 7) is 5.77. The van der Waals surface area contributed by atoms with Crippen LogP contribution in [0.3, 0.4) is 0 Å². The Kier molecular flexibility index (Phi) is 10.5. The third-order valence-corrected chi connectivity index (χ3v) is 7.95. The lowest BCUT2D eigenvalue weighted by atomic mass is 10.0. The van der Waals surface area contributed by atoms with E-state index in [-0.39, 0.29) is 18.9 Å². The van der Waals surface area contributed by atoms with E-state index in [9.17, 15) is 18.0 Å². The Bertz CT molecular complexity index is 1400. The highest BCUT2D eigenvalue weighted by atomic mass is 35.5. The standard InChI is InChI=1S/C30H36ClN3O4S/c1-5-17-32-30(36)28(19-24-12-7-6-8-13-24)33(20-25-14-10-15-26(31)18-25)29(35)21-34(39(4,37)38)27-16-9-11-22(2)23(27)3/h6-16,18,28H,5,17,19-21H2,1-4H3,(H,32,36)/t28-/m1/s1. The second-order valence-corrected chi connectivity index (χ2v) is 12.0. The SMILES string of the molecule is CCCNC(=O)[C@@H](Cc1ccccc1)N(Cc1cccc(Cl)c1)C(=O)CN(c1cccc(C)c1C)S(C)(=O)=O. The first-order valence-electron chi connectivity index (χ1n) is 12.9. The van der Waals surface area contributed by atoms with E-state index in [1.807, 2.05) is 63.2 Å². The van der Waals surface area contributed by atoms with Crippen molar-refractivity contribution in [2.75, 3.05) is 23.7 Å². The van der Waals surface area contributed by atoms with Gasteiger partial charge in [0.05, 0.1) is 11.9 Å². The maximum absolute atomic E-state index is 14.1. The fraction of sp³-hybridized carbons (Fsp3) is 0.333. The predicted octanol–water partition coefficient (Wildman–Crippen LogP) is 4.89. The van der Waals surface area contributed by atoms with Crippen LogP contribution in [-0.4, -0.2) is 50.5 Å². The van der Waals surface area contributed by atoms with Crippen molar-refractivity contribution in [2.24, 2.45) is 0 Å². The average molecular weight is 570 g/mol. The number of amides is 2. The summed E-state index contributed by atoms with van der Waals surface area (Å²) >= 11 is 6.23. The number of halogens is 1. The summed E-state index contributed by atoms with van der Waals surface area (Å²) < 4.78 is 27.0. The largest absolute Gasteiger partial charge is 0.354 e. The summed E-state index contributed by atoms with van der Waals surface area (Å²) in [5.74, 6) is -0.789. The number of carbonyl (C=O) groups excluding carboxylic acids is 2. The summed E-state index contributed by atoms with van der Waals surface area (Å²) in [5.41, 5.74) is 3.72. The highest BCUT2D eigenvalue weighted by Crippen LogP contribution is 2.26. The van der Waals surface area contributed by atoms with Gasteiger partial charge in [-0.1, -0.05) is 73.1 Å². The van der Waals surface area contributed by atoms with Crippen LogP contribution in [0.5, 0.6) is 0 Å². The molecule has 0 heterocycles. The van der Waals surface area contributed by atoms with E-state index in [4.69, 9.17) is 11.6 Å². The van der Waals surface area contributed by atoms with Crippen LogP contribution >= 0.6 is 11.6 Å². The van der Waals surface area contributed by atoms with Gasteiger partial charge in [0.25, 0.3) is 0 Å². The summed E-state index contributed by atoms with van der Waals surface area (Å²) in [6, 6.07) is 21.0. The Balaban J connectivity index is 2.07. The molecule has 0 saturated heterocycles. The van der Waals surface area contributed by atoms with E-state index < -0.39 is 28.5 Å². The van der Waals surface area contributed by atoms with Gasteiger partial charge < -0.3 is 10.2 Å². The summed E-state index contributed by atoms with van der Waals surface area (Å²) in [6.07, 6.45) is 2.09. The Morgan fingerprint density at radius 2 is 1.62 bits per heavy atom. The number of nitrogens with one attached hydrogen (secondary N) is 1. The van der Waals surface area contributed by atoms with E-state index in [0.717, 1.165) is 39.2 Å². The highest BCUT2D eigenvalue weighted by Gasteiger charge is 2.33. The molecule has 0 aliphatic heterocycles. The van der Waals surface area contributed by atoms with Gasteiger partial charge in [0.2, 0.25) is 21.8 Å². The quantitative estimate of drug-likeness (QED) is 0.336. The minimum atomic E-state index is -3.82. The number of hydrogen-bond acceptors (Lipinski definition) is 4. The predicted molar refractivity (Wildman–Crippen MR) is 157 cm³/mol. The van der Waals surface area contributed by atoms with Gasteiger partial charge in [-0.3, -0.25) is 13.9 Å². The first-order chi connectivity index (χ1) is 18.5. The van der Waals surface area contributed by atoms with Gasteiger partial charge in [0.1, 0.15) is 12.6 Å². The zero-order valence-electron chi connectivity index (χ0n) is 22.9. The van der Waals surface area contributed by atoms with E-state index in [0.29, 0.717) is 17.3 Å². The molecule has 2 amide bonds. The number of hydrogen-bond donors (Lipinski definition) is 1. The molecule has 3 rings (SSSR count). The fourth-order valence-electron chi connectivity index (χ4n) is 4.35. The molecule has 0 radical (unpaired) electrons. The molecule has 0 bridgehead atoms. The normalized spacial score (nSPS) is 12.0. The summed E-state index contributed by atoms with van der Waals surface area (Å²) in [4.78, 5) is 29.0. The van der Waals surface area contributed by atoms with Gasteiger partial charge in [-0.25, -0.2) is 8.42 Å². The zero-order chi connectivity index (χ0) is 28.6. The molecule has 1 atom stereocenters. The van der Waals surface area contributed by atoms with Crippen molar-refractivity contribution in [3.63, 3.8) is 0 Å². The minimum absolute atomic E-state index is 0.0842. The van der Waals surface area contributed by atoms with Crippen molar-refractivity contribution in [3.05, 3.63) is 100 Å². The van der Waals surface area contributed by atoms with E-state index >= 15 is 0 Å². The van der Waals surface area contributed by atoms with Gasteiger partial charge in [-0.05, 0) is 60.7 Å². The van der Waals surface area contributed by atoms with Gasteiger partial charge in [0, 0.05) is 24.5 Å². The van der Waals surface area contributed by atoms with Crippen LogP contribution in [0.1, 0.15) is 35.6 Å². The van der Waals surface area contributed by atoms with Crippen molar-refractivity contribution < 1.29 is 18.0 Å². The molecule has 0 spiro atoms. The van der Waals surface area contributed by atoms with Crippen LogP contribution in [0.4, 0.5) is 5.69 Å². The molecule has 1 N–H and O–H groups in total. The van der Waals surface area contributed by atoms with Gasteiger partial charge >= 0.3 is 0 Å². The van der Waals surface area contributed by atoms with Crippen LogP contribution in [-0.2, 0) is 32.6 Å². The molecule has 3 aromatic rings. The molecule has 39 heavy (non-hydrogen) atoms. The molecule has 0 aliphatic rings. The first kappa shape index (κ1) is 30.2. The van der Waals surface area contributed by atoms with Gasteiger partial charge in [-0.2, -0.15) is 0 Å². The molecule has 0 aromatic heterocycles. The number of benzene rings is 3. The zero-order valence-corrected chi connectivity index (χ0v) is 24.4. The third kappa shape index (κ3) is 8.31. The fourth-order valence-corrected chi connectivity index (χ4v) is 5.47. The lowest BCUT2D eigenvalue weighted by Gasteiger charge is -2.34. The van der Waals surface area contributed by atoms with E-state index in [2.05, 4.69) is 5.32 Å². The van der Waals surface area contributed by atoms with Crippen LogP contribution < -0.4 is 9.62 Å². The molecule has 0 aliphatic carbocycles. The molecule has 0 fully saturated rings. The Morgan fingerprint density at radius 3 is 2.26 bits per heavy atom. The van der Waals surface area contributed by atoms with Crippen molar-refractivity contribution in [1.29, 1.82) is 0 Å². The summed E-state index contributed by atoms with van der Waals surface area (Å²) in [5, 5.41) is 3.43. The van der Waals surface area contributed by atoms with Crippen LogP contribution in [0, 0.1) is 13.8 Å².